The van der Waals surface area contributed by atoms with Crippen LogP contribution in [0.1, 0.15) is 44.8 Å². The molecule has 1 amide bonds. The molecule has 1 N–H and O–H groups in total. The molecule has 0 saturated heterocycles. The molecule has 0 radical (unpaired) electrons. The molecule has 0 aliphatic heterocycles. The molecule has 142 valence electrons. The summed E-state index contributed by atoms with van der Waals surface area (Å²) in [4.78, 5) is 18.0. The van der Waals surface area contributed by atoms with Gasteiger partial charge in [0.25, 0.3) is 5.91 Å². The van der Waals surface area contributed by atoms with E-state index in [0.29, 0.717) is 23.2 Å². The van der Waals surface area contributed by atoms with Crippen LogP contribution in [-0.2, 0) is 12.8 Å². The first kappa shape index (κ1) is 19.4. The Bertz CT molecular complexity index is 916. The fourth-order valence-corrected chi connectivity index (χ4v) is 4.52. The van der Waals surface area contributed by atoms with Gasteiger partial charge < -0.3 is 4.74 Å². The number of aromatic nitrogens is 3. The van der Waals surface area contributed by atoms with E-state index in [4.69, 9.17) is 4.74 Å². The van der Waals surface area contributed by atoms with Crippen LogP contribution >= 0.6 is 22.7 Å². The number of carbonyl (C=O) groups is 1. The van der Waals surface area contributed by atoms with Crippen molar-refractivity contribution >= 4 is 33.7 Å². The maximum absolute atomic E-state index is 12.6. The molecular formula is C19H22N4O2S2. The number of anilines is 1. The summed E-state index contributed by atoms with van der Waals surface area (Å²) in [5, 5.41) is 13.3. The number of carbonyl (C=O) groups excluding carboxylic acids is 1. The average molecular weight is 403 g/mol. The first-order valence-electron chi connectivity index (χ1n) is 8.67. The number of aryl methyl sites for hydroxylation is 1. The Hall–Kier alpha value is -2.32. The molecule has 8 heteroatoms. The molecule has 0 unspecified atom stereocenters. The fourth-order valence-electron chi connectivity index (χ4n) is 2.61. The summed E-state index contributed by atoms with van der Waals surface area (Å²) in [6, 6.07) is 7.82. The molecule has 6 nitrogen and oxygen atoms in total. The van der Waals surface area contributed by atoms with Crippen LogP contribution in [-0.4, -0.2) is 28.2 Å². The third-order valence-corrected chi connectivity index (χ3v) is 5.65. The van der Waals surface area contributed by atoms with Gasteiger partial charge in [-0.25, -0.2) is 4.98 Å². The van der Waals surface area contributed by atoms with Crippen molar-refractivity contribution < 1.29 is 9.53 Å². The number of benzene rings is 1. The van der Waals surface area contributed by atoms with Crippen LogP contribution < -0.4 is 10.1 Å². The van der Waals surface area contributed by atoms with E-state index in [1.165, 1.54) is 11.3 Å². The van der Waals surface area contributed by atoms with Gasteiger partial charge in [-0.15, -0.1) is 21.5 Å². The highest BCUT2D eigenvalue weighted by Crippen LogP contribution is 2.24. The summed E-state index contributed by atoms with van der Waals surface area (Å²) in [7, 11) is 1.64. The van der Waals surface area contributed by atoms with Crippen molar-refractivity contribution in [1.82, 2.24) is 15.2 Å². The van der Waals surface area contributed by atoms with Crippen LogP contribution in [0.25, 0.3) is 0 Å². The van der Waals surface area contributed by atoms with E-state index >= 15 is 0 Å². The Morgan fingerprint density at radius 3 is 2.59 bits per heavy atom. The van der Waals surface area contributed by atoms with Crippen molar-refractivity contribution in [1.29, 1.82) is 0 Å². The van der Waals surface area contributed by atoms with E-state index < -0.39 is 0 Å². The van der Waals surface area contributed by atoms with Crippen LogP contribution in [0.15, 0.2) is 24.3 Å². The standard InChI is InChI=1S/C19H22N4O2S2/c1-11(2)9-15-17(20-12(3)26-15)18(24)21-19-23-22-16(27-19)10-13-5-7-14(25-4)8-6-13/h5-8,11H,9-10H2,1-4H3,(H,21,23,24). The molecule has 3 aromatic rings. The maximum Gasteiger partial charge on any atom is 0.277 e. The molecule has 0 bridgehead atoms. The predicted octanol–water partition coefficient (Wildman–Crippen LogP) is 4.35. The SMILES string of the molecule is COc1ccc(Cc2nnc(NC(=O)c3nc(C)sc3CC(C)C)s2)cc1. The number of methoxy groups -OCH3 is 1. The zero-order valence-corrected chi connectivity index (χ0v) is 17.4. The first-order valence-corrected chi connectivity index (χ1v) is 10.3. The number of rotatable bonds is 7. The lowest BCUT2D eigenvalue weighted by atomic mass is 10.1. The largest absolute Gasteiger partial charge is 0.497 e. The highest BCUT2D eigenvalue weighted by atomic mass is 32.1. The minimum Gasteiger partial charge on any atom is -0.497 e. The lowest BCUT2D eigenvalue weighted by Crippen LogP contribution is -2.14. The van der Waals surface area contributed by atoms with Gasteiger partial charge in [0.2, 0.25) is 5.13 Å². The van der Waals surface area contributed by atoms with E-state index in [1.54, 1.807) is 18.4 Å². The second-order valence-electron chi connectivity index (χ2n) is 6.58. The predicted molar refractivity (Wildman–Crippen MR) is 109 cm³/mol. The number of amides is 1. The van der Waals surface area contributed by atoms with Gasteiger partial charge in [-0.05, 0) is 37.0 Å². The number of nitrogens with one attached hydrogen (secondary N) is 1. The lowest BCUT2D eigenvalue weighted by Gasteiger charge is -2.04. The second kappa shape index (κ2) is 8.58. The average Bonchev–Trinajstić information content (AvgIpc) is 3.21. The quantitative estimate of drug-likeness (QED) is 0.636. The molecule has 0 aliphatic rings. The lowest BCUT2D eigenvalue weighted by molar-refractivity contribution is 0.102. The zero-order valence-electron chi connectivity index (χ0n) is 15.8. The van der Waals surface area contributed by atoms with Crippen LogP contribution in [0.4, 0.5) is 5.13 Å². The molecular weight excluding hydrogens is 380 g/mol. The molecule has 1 aromatic carbocycles. The van der Waals surface area contributed by atoms with Gasteiger partial charge in [-0.1, -0.05) is 37.3 Å². The van der Waals surface area contributed by atoms with Crippen LogP contribution in [0.5, 0.6) is 5.75 Å². The smallest absolute Gasteiger partial charge is 0.277 e. The van der Waals surface area contributed by atoms with E-state index in [9.17, 15) is 4.79 Å². The summed E-state index contributed by atoms with van der Waals surface area (Å²) in [5.74, 6) is 1.07. The van der Waals surface area contributed by atoms with Gasteiger partial charge >= 0.3 is 0 Å². The summed E-state index contributed by atoms with van der Waals surface area (Å²) < 4.78 is 5.17. The number of ether oxygens (including phenoxy) is 1. The Balaban J connectivity index is 1.67. The Kier molecular flexibility index (Phi) is 6.18. The molecule has 0 spiro atoms. The van der Waals surface area contributed by atoms with Crippen LogP contribution in [0.3, 0.4) is 0 Å². The van der Waals surface area contributed by atoms with Gasteiger partial charge in [0.1, 0.15) is 16.5 Å². The third kappa shape index (κ3) is 5.11. The van der Waals surface area contributed by atoms with Gasteiger partial charge in [-0.3, -0.25) is 10.1 Å². The van der Waals surface area contributed by atoms with E-state index in [2.05, 4.69) is 34.3 Å². The summed E-state index contributed by atoms with van der Waals surface area (Å²) in [6.07, 6.45) is 1.50. The Morgan fingerprint density at radius 2 is 1.93 bits per heavy atom. The molecule has 0 aliphatic carbocycles. The van der Waals surface area contributed by atoms with E-state index in [0.717, 1.165) is 32.6 Å². The molecule has 3 rings (SSSR count). The summed E-state index contributed by atoms with van der Waals surface area (Å²) >= 11 is 2.95. The van der Waals surface area contributed by atoms with Crippen molar-refractivity contribution in [3.8, 4) is 5.75 Å². The number of hydrogen-bond donors (Lipinski definition) is 1. The van der Waals surface area contributed by atoms with Crippen molar-refractivity contribution in [3.63, 3.8) is 0 Å². The summed E-state index contributed by atoms with van der Waals surface area (Å²) in [5.41, 5.74) is 1.61. The van der Waals surface area contributed by atoms with Crippen molar-refractivity contribution in [3.05, 3.63) is 50.4 Å². The fraction of sp³-hybridized carbons (Fsp3) is 0.368. The minimum atomic E-state index is -0.220. The monoisotopic (exact) mass is 402 g/mol. The number of thiazole rings is 1. The normalized spacial score (nSPS) is 11.0. The molecule has 27 heavy (non-hydrogen) atoms. The van der Waals surface area contributed by atoms with Crippen molar-refractivity contribution in [2.24, 2.45) is 5.92 Å². The van der Waals surface area contributed by atoms with Crippen LogP contribution in [0.2, 0.25) is 0 Å². The first-order chi connectivity index (χ1) is 12.9. The number of nitrogens with zero attached hydrogens (tertiary/aromatic N) is 3. The molecule has 0 fully saturated rings. The Morgan fingerprint density at radius 1 is 1.19 bits per heavy atom. The highest BCUT2D eigenvalue weighted by Gasteiger charge is 2.19. The highest BCUT2D eigenvalue weighted by molar-refractivity contribution is 7.15. The van der Waals surface area contributed by atoms with E-state index in [1.807, 2.05) is 31.2 Å². The number of hydrogen-bond acceptors (Lipinski definition) is 7. The maximum atomic E-state index is 12.6. The zero-order chi connectivity index (χ0) is 19.4. The van der Waals surface area contributed by atoms with Crippen molar-refractivity contribution in [2.45, 2.75) is 33.6 Å². The molecule has 0 atom stereocenters. The Labute approximate surface area is 166 Å². The van der Waals surface area contributed by atoms with Gasteiger partial charge in [0.05, 0.1) is 12.1 Å². The minimum absolute atomic E-state index is 0.220. The van der Waals surface area contributed by atoms with E-state index in [-0.39, 0.29) is 5.91 Å². The van der Waals surface area contributed by atoms with Gasteiger partial charge in [0, 0.05) is 11.3 Å². The topological polar surface area (TPSA) is 77.0 Å². The summed E-state index contributed by atoms with van der Waals surface area (Å²) in [6.45, 7) is 6.18. The van der Waals surface area contributed by atoms with Crippen molar-refractivity contribution in [2.75, 3.05) is 12.4 Å². The van der Waals surface area contributed by atoms with Gasteiger partial charge in [0.15, 0.2) is 0 Å². The molecule has 0 saturated carbocycles. The molecule has 2 heterocycles. The third-order valence-electron chi connectivity index (χ3n) is 3.81. The molecule has 2 aromatic heterocycles. The van der Waals surface area contributed by atoms with Crippen LogP contribution in [0, 0.1) is 12.8 Å². The van der Waals surface area contributed by atoms with Gasteiger partial charge in [-0.2, -0.15) is 0 Å². The second-order valence-corrected chi connectivity index (χ2v) is 8.93.